The number of rotatable bonds is 8. The molecule has 1 heterocycles. The summed E-state index contributed by atoms with van der Waals surface area (Å²) < 4.78 is 29.6. The van der Waals surface area contributed by atoms with Crippen LogP contribution >= 0.6 is 15.9 Å². The van der Waals surface area contributed by atoms with Crippen LogP contribution in [-0.2, 0) is 16.6 Å². The van der Waals surface area contributed by atoms with E-state index in [4.69, 9.17) is 0 Å². The van der Waals surface area contributed by atoms with Crippen molar-refractivity contribution in [3.8, 4) is 5.69 Å². The van der Waals surface area contributed by atoms with Crippen LogP contribution in [-0.4, -0.2) is 31.4 Å². The summed E-state index contributed by atoms with van der Waals surface area (Å²) >= 11 is 3.47. The fourth-order valence-corrected chi connectivity index (χ4v) is 5.48. The summed E-state index contributed by atoms with van der Waals surface area (Å²) in [6.07, 6.45) is 2.83. The molecule has 0 atom stereocenters. The van der Waals surface area contributed by atoms with Gasteiger partial charge >= 0.3 is 0 Å². The number of halogens is 1. The minimum atomic E-state index is -3.50. The Morgan fingerprint density at radius 2 is 1.62 bits per heavy atom. The summed E-state index contributed by atoms with van der Waals surface area (Å²) in [7, 11) is -3.50. The first-order chi connectivity index (χ1) is 18.4. The molecule has 0 aliphatic carbocycles. The van der Waals surface area contributed by atoms with Crippen LogP contribution in [0.1, 0.15) is 44.0 Å². The number of amides is 1. The average molecular weight is 608 g/mol. The number of sulfonamides is 1. The molecule has 202 valence electrons. The zero-order chi connectivity index (χ0) is 28.3. The molecule has 39 heavy (non-hydrogen) atoms. The average Bonchev–Trinajstić information content (AvgIpc) is 3.17. The highest BCUT2D eigenvalue weighted by molar-refractivity contribution is 9.10. The highest BCUT2D eigenvalue weighted by Crippen LogP contribution is 2.24. The molecule has 0 unspecified atom stereocenters. The molecule has 0 aliphatic rings. The van der Waals surface area contributed by atoms with Gasteiger partial charge in [-0.25, -0.2) is 13.8 Å². The normalized spacial score (nSPS) is 11.6. The Labute approximate surface area is 238 Å². The van der Waals surface area contributed by atoms with Gasteiger partial charge in [0.15, 0.2) is 0 Å². The number of carbonyl (C=O) groups excluding carboxylic acids is 1. The van der Waals surface area contributed by atoms with Crippen molar-refractivity contribution in [3.63, 3.8) is 0 Å². The Balaban J connectivity index is 1.44. The fraction of sp³-hybridized carbons (Fsp3) is 0.200. The van der Waals surface area contributed by atoms with Gasteiger partial charge in [0.1, 0.15) is 0 Å². The molecular weight excluding hydrogens is 576 g/mol. The molecule has 0 aliphatic heterocycles. The molecule has 4 rings (SSSR count). The van der Waals surface area contributed by atoms with Crippen molar-refractivity contribution in [3.05, 3.63) is 116 Å². The number of carbonyl (C=O) groups is 1. The van der Waals surface area contributed by atoms with E-state index in [-0.39, 0.29) is 12.5 Å². The van der Waals surface area contributed by atoms with Gasteiger partial charge in [0.2, 0.25) is 10.0 Å². The monoisotopic (exact) mass is 606 g/mol. The molecule has 0 radical (unpaired) electrons. The van der Waals surface area contributed by atoms with E-state index in [1.54, 1.807) is 36.5 Å². The smallest absolute Gasteiger partial charge is 0.271 e. The van der Waals surface area contributed by atoms with E-state index < -0.39 is 10.0 Å². The van der Waals surface area contributed by atoms with Crippen molar-refractivity contribution < 1.29 is 13.2 Å². The molecule has 1 amide bonds. The van der Waals surface area contributed by atoms with Crippen LogP contribution in [0.25, 0.3) is 5.69 Å². The number of nitrogens with one attached hydrogen (secondary N) is 1. The minimum absolute atomic E-state index is 0.162. The van der Waals surface area contributed by atoms with Crippen molar-refractivity contribution in [2.24, 2.45) is 5.10 Å². The van der Waals surface area contributed by atoms with Crippen LogP contribution in [0.5, 0.6) is 0 Å². The van der Waals surface area contributed by atoms with Gasteiger partial charge < -0.3 is 4.57 Å². The molecule has 0 saturated heterocycles. The van der Waals surface area contributed by atoms with Crippen molar-refractivity contribution in [1.29, 1.82) is 0 Å². The van der Waals surface area contributed by atoms with Crippen LogP contribution in [0.15, 0.2) is 82.4 Å². The third kappa shape index (κ3) is 6.66. The first-order valence-electron chi connectivity index (χ1n) is 12.4. The quantitative estimate of drug-likeness (QED) is 0.191. The Bertz CT molecular complexity index is 1640. The topological polar surface area (TPSA) is 83.8 Å². The largest absolute Gasteiger partial charge is 0.318 e. The molecule has 0 fully saturated rings. The Hall–Kier alpha value is -3.69. The lowest BCUT2D eigenvalue weighted by Gasteiger charge is -2.23. The molecule has 7 nitrogen and oxygen atoms in total. The molecule has 0 saturated carbocycles. The number of anilines is 1. The number of hydrogen-bond donors (Lipinski definition) is 1. The maximum atomic E-state index is 12.7. The second-order valence-corrected chi connectivity index (χ2v) is 12.4. The number of aryl methyl sites for hydroxylation is 3. The Morgan fingerprint density at radius 3 is 2.23 bits per heavy atom. The van der Waals surface area contributed by atoms with Crippen LogP contribution in [0.4, 0.5) is 5.69 Å². The van der Waals surface area contributed by atoms with E-state index >= 15 is 0 Å². The van der Waals surface area contributed by atoms with Gasteiger partial charge in [0.05, 0.1) is 24.7 Å². The summed E-state index contributed by atoms with van der Waals surface area (Å²) in [6, 6.07) is 22.5. The maximum Gasteiger partial charge on any atom is 0.271 e. The van der Waals surface area contributed by atoms with E-state index in [0.29, 0.717) is 11.3 Å². The van der Waals surface area contributed by atoms with Crippen LogP contribution in [0, 0.1) is 27.7 Å². The van der Waals surface area contributed by atoms with Crippen molar-refractivity contribution in [2.45, 2.75) is 34.2 Å². The van der Waals surface area contributed by atoms with Crippen LogP contribution < -0.4 is 9.73 Å². The highest BCUT2D eigenvalue weighted by atomic mass is 79.9. The molecule has 1 N–H and O–H groups in total. The molecule has 3 aromatic carbocycles. The summed E-state index contributed by atoms with van der Waals surface area (Å²) in [6.45, 7) is 8.14. The number of hydrogen-bond acceptors (Lipinski definition) is 4. The third-order valence-corrected chi connectivity index (χ3v) is 8.32. The summed E-state index contributed by atoms with van der Waals surface area (Å²) in [5.74, 6) is -0.353. The van der Waals surface area contributed by atoms with Gasteiger partial charge in [-0.15, -0.1) is 0 Å². The summed E-state index contributed by atoms with van der Waals surface area (Å²) in [5.41, 5.74) is 10.5. The number of benzene rings is 3. The van der Waals surface area contributed by atoms with Gasteiger partial charge in [-0.3, -0.25) is 9.10 Å². The van der Waals surface area contributed by atoms with E-state index in [1.807, 2.05) is 70.2 Å². The zero-order valence-corrected chi connectivity index (χ0v) is 25.0. The zero-order valence-electron chi connectivity index (χ0n) is 22.6. The van der Waals surface area contributed by atoms with Gasteiger partial charge in [-0.1, -0.05) is 34.1 Å². The van der Waals surface area contributed by atoms with Crippen molar-refractivity contribution in [1.82, 2.24) is 9.99 Å². The second-order valence-electron chi connectivity index (χ2n) is 9.57. The first kappa shape index (κ1) is 28.3. The minimum Gasteiger partial charge on any atom is -0.318 e. The molecule has 4 aromatic rings. The highest BCUT2D eigenvalue weighted by Gasteiger charge is 2.19. The summed E-state index contributed by atoms with van der Waals surface area (Å²) in [5, 5.41) is 4.17. The lowest BCUT2D eigenvalue weighted by Crippen LogP contribution is -2.29. The van der Waals surface area contributed by atoms with Gasteiger partial charge in [0.25, 0.3) is 5.91 Å². The molecular formula is C30H31BrN4O3S. The van der Waals surface area contributed by atoms with Crippen LogP contribution in [0.3, 0.4) is 0 Å². The number of nitrogens with zero attached hydrogens (tertiary/aromatic N) is 3. The lowest BCUT2D eigenvalue weighted by molar-refractivity contribution is 0.0955. The SMILES string of the molecule is Cc1ccc(N(Cc2ccc(C(=O)N/N=C/c3cc(C)n(-c4ccc(Br)cc4)c3C)cc2)S(C)(=O)=O)cc1C. The third-order valence-electron chi connectivity index (χ3n) is 6.65. The van der Waals surface area contributed by atoms with Crippen LogP contribution in [0.2, 0.25) is 0 Å². The van der Waals surface area contributed by atoms with E-state index in [1.165, 1.54) is 10.6 Å². The second kappa shape index (κ2) is 11.6. The molecule has 0 spiro atoms. The van der Waals surface area contributed by atoms with Gasteiger partial charge in [0, 0.05) is 32.7 Å². The Kier molecular flexibility index (Phi) is 8.42. The predicted molar refractivity (Wildman–Crippen MR) is 161 cm³/mol. The first-order valence-corrected chi connectivity index (χ1v) is 15.0. The molecule has 9 heteroatoms. The molecule has 1 aromatic heterocycles. The standard InChI is InChI=1S/C30H31BrN4O3S/c1-20-6-13-29(16-21(20)2)34(39(5,37)38)19-24-7-9-25(10-8-24)30(36)33-32-18-26-17-22(3)35(23(26)4)28-14-11-27(31)12-15-28/h6-18H,19H2,1-5H3,(H,33,36)/b32-18+. The fourth-order valence-electron chi connectivity index (χ4n) is 4.34. The van der Waals surface area contributed by atoms with Crippen molar-refractivity contribution in [2.75, 3.05) is 10.6 Å². The maximum absolute atomic E-state index is 12.7. The van der Waals surface area contributed by atoms with Gasteiger partial charge in [-0.2, -0.15) is 5.10 Å². The lowest BCUT2D eigenvalue weighted by atomic mass is 10.1. The van der Waals surface area contributed by atoms with E-state index in [0.717, 1.165) is 43.8 Å². The Morgan fingerprint density at radius 1 is 0.949 bits per heavy atom. The van der Waals surface area contributed by atoms with E-state index in [2.05, 4.69) is 31.0 Å². The van der Waals surface area contributed by atoms with Gasteiger partial charge in [-0.05, 0) is 99.0 Å². The number of hydrazone groups is 1. The molecule has 0 bridgehead atoms. The van der Waals surface area contributed by atoms with Crippen molar-refractivity contribution >= 4 is 43.8 Å². The summed E-state index contributed by atoms with van der Waals surface area (Å²) in [4.78, 5) is 12.7. The van der Waals surface area contributed by atoms with E-state index in [9.17, 15) is 13.2 Å². The predicted octanol–water partition coefficient (Wildman–Crippen LogP) is 6.20. The number of aromatic nitrogens is 1.